The van der Waals surface area contributed by atoms with E-state index >= 15 is 0 Å². The van der Waals surface area contributed by atoms with Crippen molar-refractivity contribution in [2.45, 2.75) is 42.4 Å². The number of alkyl halides is 3. The van der Waals surface area contributed by atoms with Gasteiger partial charge in [0.25, 0.3) is 11.8 Å². The van der Waals surface area contributed by atoms with E-state index in [4.69, 9.17) is 23.2 Å². The summed E-state index contributed by atoms with van der Waals surface area (Å²) in [4.78, 5) is 16.9. The minimum absolute atomic E-state index is 0.0602. The average molecular weight is 447 g/mol. The first-order valence-corrected chi connectivity index (χ1v) is 10.7. The van der Waals surface area contributed by atoms with E-state index in [0.717, 1.165) is 29.3 Å². The van der Waals surface area contributed by atoms with Gasteiger partial charge in [-0.3, -0.25) is 9.79 Å². The first kappa shape index (κ1) is 19.9. The summed E-state index contributed by atoms with van der Waals surface area (Å²) in [6.45, 7) is -0.0602. The largest absolute Gasteiger partial charge is 0.350 e. The van der Waals surface area contributed by atoms with Gasteiger partial charge in [-0.05, 0) is 25.0 Å². The van der Waals surface area contributed by atoms with Crippen LogP contribution in [0.25, 0.3) is 5.52 Å². The predicted octanol–water partition coefficient (Wildman–Crippen LogP) is 4.68. The lowest BCUT2D eigenvalue weighted by Gasteiger charge is -2.31. The quantitative estimate of drug-likeness (QED) is 0.693. The highest BCUT2D eigenvalue weighted by molar-refractivity contribution is 8.17. The molecule has 3 atom stereocenters. The first-order valence-electron chi connectivity index (χ1n) is 9.02. The van der Waals surface area contributed by atoms with Crippen LogP contribution in [-0.4, -0.2) is 37.7 Å². The molecule has 1 fully saturated rings. The topological polar surface area (TPSA) is 58.8 Å². The Morgan fingerprint density at radius 2 is 2.25 bits per heavy atom. The molecule has 2 aliphatic rings. The van der Waals surface area contributed by atoms with Crippen molar-refractivity contribution in [1.29, 1.82) is 0 Å². The van der Waals surface area contributed by atoms with Gasteiger partial charge in [-0.15, -0.1) is 11.6 Å². The molecule has 0 saturated heterocycles. The third-order valence-electron chi connectivity index (χ3n) is 5.17. The number of amides is 1. The lowest BCUT2D eigenvalue weighted by atomic mass is 9.85. The smallest absolute Gasteiger partial charge is 0.276 e. The molecule has 4 rings (SSSR count). The van der Waals surface area contributed by atoms with Crippen LogP contribution in [0.1, 0.15) is 37.3 Å². The summed E-state index contributed by atoms with van der Waals surface area (Å²) in [6.07, 6.45) is 4.96. The average Bonchev–Trinajstić information content (AvgIpc) is 3.23. The number of pyridine rings is 1. The predicted molar refractivity (Wildman–Crippen MR) is 108 cm³/mol. The maximum absolute atomic E-state index is 14.0. The monoisotopic (exact) mass is 446 g/mol. The Balaban J connectivity index is 1.48. The summed E-state index contributed by atoms with van der Waals surface area (Å²) in [5.41, 5.74) is 1.52. The van der Waals surface area contributed by atoms with Crippen molar-refractivity contribution in [3.8, 4) is 0 Å². The molecule has 0 radical (unpaired) electrons. The number of hydrogen-bond acceptors (Lipinski definition) is 4. The van der Waals surface area contributed by atoms with Gasteiger partial charge in [0.05, 0.1) is 11.7 Å². The van der Waals surface area contributed by atoms with Crippen molar-refractivity contribution < 1.29 is 13.6 Å². The Morgan fingerprint density at radius 3 is 3.04 bits per heavy atom. The Hall–Kier alpha value is -1.38. The first-order chi connectivity index (χ1) is 13.3. The number of carbonyl (C=O) groups excluding carboxylic acids is 1. The number of nitrogens with one attached hydrogen (secondary N) is 1. The Kier molecular flexibility index (Phi) is 5.55. The minimum Gasteiger partial charge on any atom is -0.350 e. The number of nitrogens with zero attached hydrogens (tertiary/aromatic N) is 3. The summed E-state index contributed by atoms with van der Waals surface area (Å²) in [5, 5.41) is 7.63. The second kappa shape index (κ2) is 7.80. The SMILES string of the molecule is O=C(NCC1CCCCC1(F)F)C1=NC(c2cnn3ccc(Cl)cc23)C(Cl)S1. The van der Waals surface area contributed by atoms with Crippen LogP contribution in [0.5, 0.6) is 0 Å². The van der Waals surface area contributed by atoms with E-state index in [1.54, 1.807) is 29.0 Å². The summed E-state index contributed by atoms with van der Waals surface area (Å²) in [7, 11) is 0. The van der Waals surface area contributed by atoms with Crippen molar-refractivity contribution in [3.63, 3.8) is 0 Å². The molecule has 0 bridgehead atoms. The number of fused-ring (bicyclic) bond motifs is 1. The van der Waals surface area contributed by atoms with Gasteiger partial charge in [-0.2, -0.15) is 5.10 Å². The Bertz CT molecular complexity index is 935. The molecular formula is C18H18Cl2F2N4OS. The lowest BCUT2D eigenvalue weighted by Crippen LogP contribution is -2.42. The highest BCUT2D eigenvalue weighted by Gasteiger charge is 2.42. The summed E-state index contributed by atoms with van der Waals surface area (Å²) in [6, 6.07) is 3.01. The van der Waals surface area contributed by atoms with E-state index in [1.165, 1.54) is 0 Å². The Morgan fingerprint density at radius 1 is 1.43 bits per heavy atom. The van der Waals surface area contributed by atoms with Crippen molar-refractivity contribution in [1.82, 2.24) is 14.9 Å². The second-order valence-electron chi connectivity index (χ2n) is 7.04. The molecule has 150 valence electrons. The molecule has 1 aliphatic heterocycles. The normalized spacial score (nSPS) is 27.0. The number of halogens is 4. The van der Waals surface area contributed by atoms with Gasteiger partial charge in [-0.1, -0.05) is 29.8 Å². The fourth-order valence-corrected chi connectivity index (χ4v) is 5.13. The molecule has 0 aromatic carbocycles. The van der Waals surface area contributed by atoms with Crippen LogP contribution in [0.15, 0.2) is 29.5 Å². The lowest BCUT2D eigenvalue weighted by molar-refractivity contribution is -0.116. The highest BCUT2D eigenvalue weighted by atomic mass is 35.5. The number of hydrogen-bond donors (Lipinski definition) is 1. The van der Waals surface area contributed by atoms with Crippen LogP contribution < -0.4 is 5.32 Å². The molecular weight excluding hydrogens is 429 g/mol. The number of thioether (sulfide) groups is 1. The number of aliphatic imine (C=N–C) groups is 1. The minimum atomic E-state index is -2.73. The number of carbonyl (C=O) groups is 1. The van der Waals surface area contributed by atoms with Crippen LogP contribution in [-0.2, 0) is 4.79 Å². The van der Waals surface area contributed by atoms with Crippen molar-refractivity contribution in [2.75, 3.05) is 6.54 Å². The second-order valence-corrected chi connectivity index (χ2v) is 9.33. The van der Waals surface area contributed by atoms with Crippen LogP contribution in [0.4, 0.5) is 8.78 Å². The summed E-state index contributed by atoms with van der Waals surface area (Å²) < 4.78 is 29.1. The van der Waals surface area contributed by atoms with E-state index in [9.17, 15) is 13.6 Å². The number of aromatic nitrogens is 2. The zero-order valence-electron chi connectivity index (χ0n) is 14.7. The third kappa shape index (κ3) is 3.86. The molecule has 1 saturated carbocycles. The molecule has 1 N–H and O–H groups in total. The van der Waals surface area contributed by atoms with E-state index in [-0.39, 0.29) is 18.0 Å². The molecule has 10 heteroatoms. The van der Waals surface area contributed by atoms with Crippen LogP contribution >= 0.6 is 35.0 Å². The molecule has 5 nitrogen and oxygen atoms in total. The fraction of sp³-hybridized carbons (Fsp3) is 0.500. The molecule has 2 aromatic heterocycles. The molecule has 3 unspecified atom stereocenters. The molecule has 1 aliphatic carbocycles. The van der Waals surface area contributed by atoms with E-state index in [1.807, 2.05) is 0 Å². The molecule has 0 spiro atoms. The van der Waals surface area contributed by atoms with Gasteiger partial charge in [0.2, 0.25) is 0 Å². The van der Waals surface area contributed by atoms with Gasteiger partial charge in [0.15, 0.2) is 5.04 Å². The molecule has 1 amide bonds. The van der Waals surface area contributed by atoms with Crippen molar-refractivity contribution >= 4 is 51.4 Å². The van der Waals surface area contributed by atoms with E-state index < -0.39 is 28.5 Å². The summed E-state index contributed by atoms with van der Waals surface area (Å²) in [5.74, 6) is -4.03. The zero-order valence-corrected chi connectivity index (χ0v) is 17.1. The van der Waals surface area contributed by atoms with Crippen molar-refractivity contribution in [2.24, 2.45) is 10.9 Å². The molecule has 28 heavy (non-hydrogen) atoms. The summed E-state index contributed by atoms with van der Waals surface area (Å²) >= 11 is 13.6. The van der Waals surface area contributed by atoms with Crippen LogP contribution in [0, 0.1) is 5.92 Å². The molecule has 2 aromatic rings. The number of rotatable bonds is 4. The zero-order chi connectivity index (χ0) is 19.9. The van der Waals surface area contributed by atoms with Gasteiger partial charge in [0.1, 0.15) is 10.8 Å². The van der Waals surface area contributed by atoms with Gasteiger partial charge >= 0.3 is 0 Å². The van der Waals surface area contributed by atoms with E-state index in [2.05, 4.69) is 15.4 Å². The fourth-order valence-electron chi connectivity index (χ4n) is 3.62. The highest BCUT2D eigenvalue weighted by Crippen LogP contribution is 2.42. The third-order valence-corrected chi connectivity index (χ3v) is 6.91. The van der Waals surface area contributed by atoms with Crippen LogP contribution in [0.2, 0.25) is 5.02 Å². The maximum atomic E-state index is 14.0. The van der Waals surface area contributed by atoms with Crippen molar-refractivity contribution in [3.05, 3.63) is 35.1 Å². The maximum Gasteiger partial charge on any atom is 0.276 e. The Labute approximate surface area is 174 Å². The van der Waals surface area contributed by atoms with Gasteiger partial charge in [-0.25, -0.2) is 13.3 Å². The molecule has 3 heterocycles. The standard InChI is InChI=1S/C18H18Cl2F2N4OS/c19-11-4-6-26-13(7-11)12(9-24-26)14-15(20)28-17(25-14)16(27)23-8-10-3-1-2-5-18(10,21)22/h4,6-7,9-10,14-15H,1-3,5,8H2,(H,23,27). The van der Waals surface area contributed by atoms with E-state index in [0.29, 0.717) is 17.9 Å². The van der Waals surface area contributed by atoms with Gasteiger partial charge < -0.3 is 5.32 Å². The van der Waals surface area contributed by atoms with Gasteiger partial charge in [0, 0.05) is 35.7 Å². The van der Waals surface area contributed by atoms with Crippen LogP contribution in [0.3, 0.4) is 0 Å².